The van der Waals surface area contributed by atoms with Crippen LogP contribution in [0, 0.1) is 0 Å². The average molecular weight is 365 g/mol. The summed E-state index contributed by atoms with van der Waals surface area (Å²) in [4.78, 5) is 17.0. The maximum Gasteiger partial charge on any atom is 0.222 e. The summed E-state index contributed by atoms with van der Waals surface area (Å²) in [6.45, 7) is 11.3. The third-order valence-electron chi connectivity index (χ3n) is 5.42. The highest BCUT2D eigenvalue weighted by Gasteiger charge is 2.21. The highest BCUT2D eigenvalue weighted by molar-refractivity contribution is 5.76. The molecule has 0 aliphatic carbocycles. The predicted molar refractivity (Wildman–Crippen MR) is 112 cm³/mol. The maximum absolute atomic E-state index is 12.6. The topological polar surface area (TPSA) is 23.6 Å². The van der Waals surface area contributed by atoms with Gasteiger partial charge in [-0.3, -0.25) is 9.69 Å². The van der Waals surface area contributed by atoms with Crippen molar-refractivity contribution in [1.29, 1.82) is 0 Å². The minimum absolute atomic E-state index is 0.174. The fraction of sp³-hybridized carbons (Fsp3) is 0.458. The number of piperazine rings is 1. The van der Waals surface area contributed by atoms with Gasteiger partial charge in [0.05, 0.1) is 0 Å². The van der Waals surface area contributed by atoms with E-state index in [1.165, 1.54) is 16.7 Å². The van der Waals surface area contributed by atoms with E-state index >= 15 is 0 Å². The molecule has 1 amide bonds. The number of rotatable bonds is 5. The smallest absolute Gasteiger partial charge is 0.222 e. The Hall–Kier alpha value is -2.13. The van der Waals surface area contributed by atoms with Gasteiger partial charge in [0.2, 0.25) is 5.91 Å². The molecule has 0 bridgehead atoms. The molecule has 3 heteroatoms. The first-order valence-electron chi connectivity index (χ1n) is 10.1. The second-order valence-electron chi connectivity index (χ2n) is 8.59. The van der Waals surface area contributed by atoms with E-state index in [0.717, 1.165) is 39.1 Å². The molecule has 1 heterocycles. The summed E-state index contributed by atoms with van der Waals surface area (Å²) >= 11 is 0. The van der Waals surface area contributed by atoms with Crippen LogP contribution in [0.3, 0.4) is 0 Å². The van der Waals surface area contributed by atoms with Crippen molar-refractivity contribution in [2.24, 2.45) is 0 Å². The number of benzene rings is 2. The molecule has 1 saturated heterocycles. The molecule has 0 spiro atoms. The molecule has 0 unspecified atom stereocenters. The summed E-state index contributed by atoms with van der Waals surface area (Å²) in [7, 11) is 0. The number of carbonyl (C=O) groups excluding carboxylic acids is 1. The first-order valence-corrected chi connectivity index (χ1v) is 10.1. The van der Waals surface area contributed by atoms with E-state index in [2.05, 4.69) is 80.3 Å². The van der Waals surface area contributed by atoms with Gasteiger partial charge in [0, 0.05) is 39.1 Å². The fourth-order valence-corrected chi connectivity index (χ4v) is 3.58. The number of amides is 1. The van der Waals surface area contributed by atoms with Gasteiger partial charge in [-0.15, -0.1) is 0 Å². The Morgan fingerprint density at radius 3 is 2.07 bits per heavy atom. The molecule has 0 saturated carbocycles. The lowest BCUT2D eigenvalue weighted by Crippen LogP contribution is -2.48. The van der Waals surface area contributed by atoms with E-state index in [0.29, 0.717) is 6.42 Å². The molecule has 1 fully saturated rings. The Morgan fingerprint density at radius 2 is 1.48 bits per heavy atom. The van der Waals surface area contributed by atoms with Crippen LogP contribution in [0.2, 0.25) is 0 Å². The molecule has 0 N–H and O–H groups in total. The summed E-state index contributed by atoms with van der Waals surface area (Å²) in [6.07, 6.45) is 1.43. The summed E-state index contributed by atoms with van der Waals surface area (Å²) in [5.41, 5.74) is 4.11. The largest absolute Gasteiger partial charge is 0.340 e. The Bertz CT molecular complexity index is 723. The third-order valence-corrected chi connectivity index (χ3v) is 5.42. The van der Waals surface area contributed by atoms with E-state index in [1.54, 1.807) is 0 Å². The van der Waals surface area contributed by atoms with Gasteiger partial charge in [-0.05, 0) is 28.5 Å². The lowest BCUT2D eigenvalue weighted by molar-refractivity contribution is -0.133. The minimum Gasteiger partial charge on any atom is -0.340 e. The molecule has 0 radical (unpaired) electrons. The molecule has 3 nitrogen and oxygen atoms in total. The number of carbonyl (C=O) groups is 1. The van der Waals surface area contributed by atoms with Crippen molar-refractivity contribution in [2.75, 3.05) is 26.2 Å². The molecule has 1 aliphatic heterocycles. The van der Waals surface area contributed by atoms with Crippen LogP contribution in [0.5, 0.6) is 0 Å². The van der Waals surface area contributed by atoms with E-state index in [9.17, 15) is 4.79 Å². The summed E-state index contributed by atoms with van der Waals surface area (Å²) in [5, 5.41) is 0. The monoisotopic (exact) mass is 364 g/mol. The highest BCUT2D eigenvalue weighted by Crippen LogP contribution is 2.22. The molecule has 2 aromatic rings. The molecular formula is C24H32N2O. The first kappa shape index (κ1) is 19.6. The van der Waals surface area contributed by atoms with Crippen molar-refractivity contribution in [3.05, 3.63) is 71.3 Å². The molecule has 2 aromatic carbocycles. The van der Waals surface area contributed by atoms with E-state index in [-0.39, 0.29) is 11.3 Å². The SMILES string of the molecule is CC(C)(C)c1ccc(CCC(=O)N2CCN(Cc3ccccc3)CC2)cc1. The van der Waals surface area contributed by atoms with Gasteiger partial charge in [-0.2, -0.15) is 0 Å². The fourth-order valence-electron chi connectivity index (χ4n) is 3.58. The van der Waals surface area contributed by atoms with E-state index < -0.39 is 0 Å². The molecule has 27 heavy (non-hydrogen) atoms. The predicted octanol–water partition coefficient (Wildman–Crippen LogP) is 4.26. The molecule has 3 rings (SSSR count). The Labute approximate surface area is 164 Å². The number of hydrogen-bond donors (Lipinski definition) is 0. The van der Waals surface area contributed by atoms with Crippen molar-refractivity contribution in [1.82, 2.24) is 9.80 Å². The zero-order valence-electron chi connectivity index (χ0n) is 16.9. The maximum atomic E-state index is 12.6. The van der Waals surface area contributed by atoms with Crippen LogP contribution in [0.25, 0.3) is 0 Å². The second-order valence-corrected chi connectivity index (χ2v) is 8.59. The van der Waals surface area contributed by atoms with Crippen LogP contribution in [-0.4, -0.2) is 41.9 Å². The van der Waals surface area contributed by atoms with Crippen LogP contribution in [0.4, 0.5) is 0 Å². The average Bonchev–Trinajstić information content (AvgIpc) is 2.67. The molecule has 144 valence electrons. The van der Waals surface area contributed by atoms with Crippen LogP contribution >= 0.6 is 0 Å². The van der Waals surface area contributed by atoms with Gasteiger partial charge in [-0.25, -0.2) is 0 Å². The van der Waals surface area contributed by atoms with Gasteiger partial charge in [0.1, 0.15) is 0 Å². The molecule has 0 aromatic heterocycles. The lowest BCUT2D eigenvalue weighted by atomic mass is 9.86. The van der Waals surface area contributed by atoms with Gasteiger partial charge in [-0.1, -0.05) is 75.4 Å². The van der Waals surface area contributed by atoms with Crippen molar-refractivity contribution in [3.63, 3.8) is 0 Å². The second kappa shape index (κ2) is 8.71. The van der Waals surface area contributed by atoms with Gasteiger partial charge in [0.25, 0.3) is 0 Å². The highest BCUT2D eigenvalue weighted by atomic mass is 16.2. The first-order chi connectivity index (χ1) is 12.9. The Balaban J connectivity index is 1.43. The van der Waals surface area contributed by atoms with Gasteiger partial charge < -0.3 is 4.90 Å². The van der Waals surface area contributed by atoms with Crippen LogP contribution < -0.4 is 0 Å². The quantitative estimate of drug-likeness (QED) is 0.791. The number of nitrogens with zero attached hydrogens (tertiary/aromatic N) is 2. The summed E-state index contributed by atoms with van der Waals surface area (Å²) < 4.78 is 0. The van der Waals surface area contributed by atoms with Crippen molar-refractivity contribution in [2.45, 2.75) is 45.6 Å². The van der Waals surface area contributed by atoms with Crippen molar-refractivity contribution in [3.8, 4) is 0 Å². The molecule has 0 atom stereocenters. The standard InChI is InChI=1S/C24H32N2O/c1-24(2,3)22-12-9-20(10-13-22)11-14-23(27)26-17-15-25(16-18-26)19-21-7-5-4-6-8-21/h4-10,12-13H,11,14-19H2,1-3H3. The van der Waals surface area contributed by atoms with Crippen LogP contribution in [-0.2, 0) is 23.2 Å². The van der Waals surface area contributed by atoms with E-state index in [4.69, 9.17) is 0 Å². The third kappa shape index (κ3) is 5.67. The Kier molecular flexibility index (Phi) is 6.33. The summed E-state index contributed by atoms with van der Waals surface area (Å²) in [6, 6.07) is 19.3. The van der Waals surface area contributed by atoms with Crippen LogP contribution in [0.1, 0.15) is 43.9 Å². The Morgan fingerprint density at radius 1 is 0.852 bits per heavy atom. The zero-order valence-corrected chi connectivity index (χ0v) is 16.9. The van der Waals surface area contributed by atoms with Gasteiger partial charge >= 0.3 is 0 Å². The number of hydrogen-bond acceptors (Lipinski definition) is 2. The minimum atomic E-state index is 0.174. The van der Waals surface area contributed by atoms with Crippen molar-refractivity contribution >= 4 is 5.91 Å². The summed E-state index contributed by atoms with van der Waals surface area (Å²) in [5.74, 6) is 0.286. The lowest BCUT2D eigenvalue weighted by Gasteiger charge is -2.34. The van der Waals surface area contributed by atoms with E-state index in [1.807, 2.05) is 4.90 Å². The molecule has 1 aliphatic rings. The number of aryl methyl sites for hydroxylation is 1. The molecular weight excluding hydrogens is 332 g/mol. The van der Waals surface area contributed by atoms with Crippen LogP contribution in [0.15, 0.2) is 54.6 Å². The van der Waals surface area contributed by atoms with Gasteiger partial charge in [0.15, 0.2) is 0 Å². The van der Waals surface area contributed by atoms with Crippen molar-refractivity contribution < 1.29 is 4.79 Å². The normalized spacial score (nSPS) is 15.7. The zero-order chi connectivity index (χ0) is 19.3.